The number of aromatic nitrogens is 5. The van der Waals surface area contributed by atoms with E-state index in [1.165, 1.54) is 22.5 Å². The molecule has 1 fully saturated rings. The Kier molecular flexibility index (Phi) is 3.64. The van der Waals surface area contributed by atoms with E-state index in [1.807, 2.05) is 43.8 Å². The molecule has 1 aromatic carbocycles. The first-order valence-electron chi connectivity index (χ1n) is 9.65. The third-order valence-corrected chi connectivity index (χ3v) is 6.37. The predicted octanol–water partition coefficient (Wildman–Crippen LogP) is 5.26. The van der Waals surface area contributed by atoms with Crippen molar-refractivity contribution in [3.8, 4) is 11.3 Å². The third-order valence-electron chi connectivity index (χ3n) is 5.19. The Morgan fingerprint density at radius 2 is 2.03 bits per heavy atom. The van der Waals surface area contributed by atoms with Crippen LogP contribution in [0.2, 0.25) is 0 Å². The number of rotatable bonds is 4. The molecule has 6 nitrogen and oxygen atoms in total. The number of anilines is 2. The van der Waals surface area contributed by atoms with Crippen molar-refractivity contribution in [3.05, 3.63) is 60.0 Å². The number of nitrogens with one attached hydrogen (secondary N) is 1. The summed E-state index contributed by atoms with van der Waals surface area (Å²) in [6.45, 7) is 0. The van der Waals surface area contributed by atoms with Gasteiger partial charge in [-0.25, -0.2) is 9.97 Å². The Hall–Kier alpha value is -3.32. The first kappa shape index (κ1) is 16.6. The molecule has 1 N–H and O–H groups in total. The lowest BCUT2D eigenvalue weighted by atomic mass is 10.1. The van der Waals surface area contributed by atoms with Crippen molar-refractivity contribution >= 4 is 44.0 Å². The smallest absolute Gasteiger partial charge is 0.140 e. The summed E-state index contributed by atoms with van der Waals surface area (Å²) in [6.07, 6.45) is 8.14. The summed E-state index contributed by atoms with van der Waals surface area (Å²) in [5, 5.41) is 10.0. The third kappa shape index (κ3) is 3.03. The number of pyridine rings is 2. The highest BCUT2D eigenvalue weighted by Gasteiger charge is 2.27. The van der Waals surface area contributed by atoms with Crippen LogP contribution in [0.5, 0.6) is 0 Å². The van der Waals surface area contributed by atoms with Crippen molar-refractivity contribution in [2.45, 2.75) is 18.8 Å². The molecule has 7 heteroatoms. The highest BCUT2D eigenvalue weighted by molar-refractivity contribution is 7.18. The van der Waals surface area contributed by atoms with Gasteiger partial charge in [0, 0.05) is 42.0 Å². The summed E-state index contributed by atoms with van der Waals surface area (Å²) in [6, 6.07) is 12.3. The second kappa shape index (κ2) is 6.35. The molecule has 29 heavy (non-hydrogen) atoms. The van der Waals surface area contributed by atoms with Gasteiger partial charge in [0.25, 0.3) is 0 Å². The van der Waals surface area contributed by atoms with E-state index in [1.54, 1.807) is 16.0 Å². The van der Waals surface area contributed by atoms with Gasteiger partial charge in [-0.05, 0) is 49.2 Å². The summed E-state index contributed by atoms with van der Waals surface area (Å²) in [5.41, 5.74) is 4.80. The van der Waals surface area contributed by atoms with Crippen LogP contribution in [-0.4, -0.2) is 24.7 Å². The topological polar surface area (TPSA) is 68.5 Å². The lowest BCUT2D eigenvalue weighted by Gasteiger charge is -2.10. The molecule has 0 aliphatic heterocycles. The molecule has 1 aliphatic rings. The van der Waals surface area contributed by atoms with E-state index in [9.17, 15) is 0 Å². The number of fused-ring (bicyclic) bond motifs is 2. The van der Waals surface area contributed by atoms with E-state index < -0.39 is 0 Å². The normalized spacial score (nSPS) is 14.0. The summed E-state index contributed by atoms with van der Waals surface area (Å²) >= 11 is 1.80. The van der Waals surface area contributed by atoms with Crippen LogP contribution in [0.4, 0.5) is 11.5 Å². The monoisotopic (exact) mass is 398 g/mol. The molecule has 6 rings (SSSR count). The molecule has 0 bridgehead atoms. The molecule has 4 heterocycles. The van der Waals surface area contributed by atoms with Gasteiger partial charge in [0.2, 0.25) is 0 Å². The molecule has 0 amide bonds. The number of benzene rings is 1. The maximum absolute atomic E-state index is 4.89. The van der Waals surface area contributed by atoms with Crippen molar-refractivity contribution in [3.63, 3.8) is 0 Å². The van der Waals surface area contributed by atoms with Gasteiger partial charge in [0.15, 0.2) is 0 Å². The van der Waals surface area contributed by atoms with Gasteiger partial charge in [-0.2, -0.15) is 5.10 Å². The second-order valence-electron chi connectivity index (χ2n) is 7.46. The van der Waals surface area contributed by atoms with Gasteiger partial charge >= 0.3 is 0 Å². The Bertz CT molecular complexity index is 1360. The predicted molar refractivity (Wildman–Crippen MR) is 117 cm³/mol. The number of aryl methyl sites for hydroxylation is 1. The molecule has 0 saturated heterocycles. The molecule has 0 spiro atoms. The quantitative estimate of drug-likeness (QED) is 0.447. The number of hydrogen-bond acceptors (Lipinski definition) is 6. The van der Waals surface area contributed by atoms with Crippen molar-refractivity contribution in [2.75, 3.05) is 5.32 Å². The first-order valence-corrected chi connectivity index (χ1v) is 10.5. The van der Waals surface area contributed by atoms with Gasteiger partial charge < -0.3 is 5.32 Å². The molecule has 4 aromatic heterocycles. The molecular weight excluding hydrogens is 380 g/mol. The van der Waals surface area contributed by atoms with Crippen molar-refractivity contribution in [1.82, 2.24) is 24.7 Å². The highest BCUT2D eigenvalue weighted by Crippen LogP contribution is 2.43. The van der Waals surface area contributed by atoms with Crippen LogP contribution < -0.4 is 5.32 Å². The average Bonchev–Trinajstić information content (AvgIpc) is 3.36. The Morgan fingerprint density at radius 1 is 1.10 bits per heavy atom. The fraction of sp³-hybridized carbons (Fsp3) is 0.182. The number of hydrogen-bond donors (Lipinski definition) is 1. The largest absolute Gasteiger partial charge is 0.340 e. The van der Waals surface area contributed by atoms with Crippen LogP contribution in [0.1, 0.15) is 23.8 Å². The minimum absolute atomic E-state index is 0.677. The maximum atomic E-state index is 4.89. The first-order chi connectivity index (χ1) is 14.2. The molecular formula is C22H18N6S. The van der Waals surface area contributed by atoms with Gasteiger partial charge in [-0.15, -0.1) is 11.3 Å². The summed E-state index contributed by atoms with van der Waals surface area (Å²) in [4.78, 5) is 14.2. The number of thiazole rings is 1. The molecule has 0 atom stereocenters. The molecule has 1 saturated carbocycles. The van der Waals surface area contributed by atoms with Crippen molar-refractivity contribution in [1.29, 1.82) is 0 Å². The van der Waals surface area contributed by atoms with E-state index in [0.717, 1.165) is 39.2 Å². The fourth-order valence-corrected chi connectivity index (χ4v) is 4.71. The van der Waals surface area contributed by atoms with E-state index in [0.29, 0.717) is 5.92 Å². The summed E-state index contributed by atoms with van der Waals surface area (Å²) < 4.78 is 2.99. The van der Waals surface area contributed by atoms with Crippen LogP contribution >= 0.6 is 11.3 Å². The maximum Gasteiger partial charge on any atom is 0.140 e. The minimum atomic E-state index is 0.677. The minimum Gasteiger partial charge on any atom is -0.340 e. The van der Waals surface area contributed by atoms with Crippen molar-refractivity contribution in [2.24, 2.45) is 7.05 Å². The van der Waals surface area contributed by atoms with Gasteiger partial charge in [0.05, 0.1) is 32.6 Å². The molecule has 0 unspecified atom stereocenters. The van der Waals surface area contributed by atoms with Gasteiger partial charge in [-0.3, -0.25) is 9.67 Å². The van der Waals surface area contributed by atoms with Crippen LogP contribution in [-0.2, 0) is 7.05 Å². The fourth-order valence-electron chi connectivity index (χ4n) is 3.53. The van der Waals surface area contributed by atoms with Gasteiger partial charge in [-0.1, -0.05) is 0 Å². The zero-order chi connectivity index (χ0) is 19.4. The van der Waals surface area contributed by atoms with E-state index in [2.05, 4.69) is 33.6 Å². The SMILES string of the molecule is Cn1cc(-c2cc3ncccc3c(Nc3ccc4nc(C5CC5)sc4c3)n2)cn1. The molecule has 0 radical (unpaired) electrons. The summed E-state index contributed by atoms with van der Waals surface area (Å²) in [7, 11) is 1.90. The Morgan fingerprint density at radius 3 is 2.86 bits per heavy atom. The highest BCUT2D eigenvalue weighted by atomic mass is 32.1. The Labute approximate surface area is 171 Å². The van der Waals surface area contributed by atoms with Crippen LogP contribution in [0.15, 0.2) is 55.0 Å². The van der Waals surface area contributed by atoms with E-state index in [-0.39, 0.29) is 0 Å². The zero-order valence-electron chi connectivity index (χ0n) is 15.8. The second-order valence-corrected chi connectivity index (χ2v) is 8.52. The zero-order valence-corrected chi connectivity index (χ0v) is 16.6. The lowest BCUT2D eigenvalue weighted by molar-refractivity contribution is 0.768. The molecule has 5 aromatic rings. The van der Waals surface area contributed by atoms with Crippen LogP contribution in [0.25, 0.3) is 32.4 Å². The van der Waals surface area contributed by atoms with Gasteiger partial charge in [0.1, 0.15) is 5.82 Å². The number of nitrogens with zero attached hydrogens (tertiary/aromatic N) is 5. The summed E-state index contributed by atoms with van der Waals surface area (Å²) in [5.74, 6) is 1.47. The molecule has 142 valence electrons. The van der Waals surface area contributed by atoms with E-state index in [4.69, 9.17) is 9.97 Å². The van der Waals surface area contributed by atoms with E-state index >= 15 is 0 Å². The standard InChI is InChI=1S/C22H18N6S/c1-28-12-14(11-24-28)18-10-19-16(3-2-8-23-19)21(26-18)25-15-6-7-17-20(9-15)29-22(27-17)13-4-5-13/h2-3,6-13H,4-5H2,1H3,(H,25,26). The lowest BCUT2D eigenvalue weighted by Crippen LogP contribution is -1.97. The van der Waals surface area contributed by atoms with Crippen molar-refractivity contribution < 1.29 is 0 Å². The Balaban J connectivity index is 1.43. The van der Waals surface area contributed by atoms with Crippen LogP contribution in [0, 0.1) is 0 Å². The average molecular weight is 398 g/mol. The van der Waals surface area contributed by atoms with Crippen LogP contribution in [0.3, 0.4) is 0 Å². The molecule has 1 aliphatic carbocycles.